The average Bonchev–Trinajstić information content (AvgIpc) is 3.21. The second-order valence-electron chi connectivity index (χ2n) is 5.01. The van der Waals surface area contributed by atoms with Gasteiger partial charge in [-0.15, -0.1) is 12.4 Å². The number of carbonyl (C=O) groups is 1. The van der Waals surface area contributed by atoms with Gasteiger partial charge >= 0.3 is 0 Å². The number of benzene rings is 1. The van der Waals surface area contributed by atoms with E-state index in [2.05, 4.69) is 29.7 Å². The molecule has 1 atom stereocenters. The summed E-state index contributed by atoms with van der Waals surface area (Å²) in [6.45, 7) is 3.50. The van der Waals surface area contributed by atoms with Gasteiger partial charge in [-0.3, -0.25) is 4.79 Å². The van der Waals surface area contributed by atoms with Gasteiger partial charge in [-0.1, -0.05) is 37.3 Å². The summed E-state index contributed by atoms with van der Waals surface area (Å²) in [5, 5.41) is 6.29. The second-order valence-corrected chi connectivity index (χ2v) is 5.01. The number of halogens is 1. The zero-order chi connectivity index (χ0) is 12.8. The molecule has 2 rings (SSSR count). The lowest BCUT2D eigenvalue weighted by molar-refractivity contribution is -0.121. The fourth-order valence-corrected chi connectivity index (χ4v) is 2.06. The van der Waals surface area contributed by atoms with Gasteiger partial charge in [-0.05, 0) is 37.3 Å². The van der Waals surface area contributed by atoms with Gasteiger partial charge < -0.3 is 10.6 Å². The highest BCUT2D eigenvalue weighted by molar-refractivity contribution is 5.85. The number of rotatable bonds is 7. The Bertz CT molecular complexity index is 379. The van der Waals surface area contributed by atoms with Crippen molar-refractivity contribution in [2.75, 3.05) is 13.1 Å². The van der Waals surface area contributed by atoms with Crippen molar-refractivity contribution in [1.82, 2.24) is 10.6 Å². The fourth-order valence-electron chi connectivity index (χ4n) is 2.06. The third kappa shape index (κ3) is 5.62. The lowest BCUT2D eigenvalue weighted by Crippen LogP contribution is -2.36. The van der Waals surface area contributed by atoms with Crippen molar-refractivity contribution >= 4 is 18.3 Å². The van der Waals surface area contributed by atoms with E-state index in [0.717, 1.165) is 18.9 Å². The Morgan fingerprint density at radius 3 is 2.58 bits per heavy atom. The molecule has 1 aromatic rings. The maximum Gasteiger partial charge on any atom is 0.234 e. The molecular weight excluding hydrogens is 260 g/mol. The van der Waals surface area contributed by atoms with E-state index in [1.54, 1.807) is 0 Å². The first-order chi connectivity index (χ1) is 8.79. The molecule has 1 fully saturated rings. The van der Waals surface area contributed by atoms with Crippen LogP contribution in [0.4, 0.5) is 0 Å². The minimum atomic E-state index is 0. The molecule has 2 N–H and O–H groups in total. The van der Waals surface area contributed by atoms with E-state index in [9.17, 15) is 4.79 Å². The highest BCUT2D eigenvalue weighted by Gasteiger charge is 2.20. The van der Waals surface area contributed by atoms with Crippen molar-refractivity contribution in [2.24, 2.45) is 5.92 Å². The summed E-state index contributed by atoms with van der Waals surface area (Å²) in [7, 11) is 0. The molecule has 1 saturated carbocycles. The molecule has 3 nitrogen and oxygen atoms in total. The van der Waals surface area contributed by atoms with E-state index in [-0.39, 0.29) is 24.4 Å². The Balaban J connectivity index is 0.00000180. The van der Waals surface area contributed by atoms with E-state index in [1.165, 1.54) is 18.4 Å². The zero-order valence-electron chi connectivity index (χ0n) is 11.4. The number of hydrogen-bond acceptors (Lipinski definition) is 2. The van der Waals surface area contributed by atoms with Crippen LogP contribution in [0.25, 0.3) is 0 Å². The highest BCUT2D eigenvalue weighted by Crippen LogP contribution is 2.27. The molecular formula is C15H23ClN2O. The molecule has 0 aromatic heterocycles. The monoisotopic (exact) mass is 282 g/mol. The topological polar surface area (TPSA) is 41.1 Å². The standard InChI is InChI=1S/C15H22N2O.ClH/c1-2-14(13-6-4-3-5-7-13)17-15(18)11-16-10-12-8-9-12;/h3-7,12,14,16H,2,8-11H2,1H3,(H,17,18);1H. The minimum Gasteiger partial charge on any atom is -0.348 e. The third-order valence-corrected chi connectivity index (χ3v) is 3.36. The molecule has 19 heavy (non-hydrogen) atoms. The van der Waals surface area contributed by atoms with Crippen molar-refractivity contribution in [3.63, 3.8) is 0 Å². The molecule has 1 unspecified atom stereocenters. The third-order valence-electron chi connectivity index (χ3n) is 3.36. The van der Waals surface area contributed by atoms with Crippen LogP contribution in [0, 0.1) is 5.92 Å². The van der Waals surface area contributed by atoms with Crippen LogP contribution in [0.5, 0.6) is 0 Å². The number of carbonyl (C=O) groups excluding carboxylic acids is 1. The molecule has 0 aliphatic heterocycles. The van der Waals surface area contributed by atoms with Crippen LogP contribution in [-0.4, -0.2) is 19.0 Å². The molecule has 106 valence electrons. The van der Waals surface area contributed by atoms with E-state index in [0.29, 0.717) is 6.54 Å². The molecule has 1 aromatic carbocycles. The Hall–Kier alpha value is -1.06. The summed E-state index contributed by atoms with van der Waals surface area (Å²) < 4.78 is 0. The van der Waals surface area contributed by atoms with Crippen LogP contribution < -0.4 is 10.6 Å². The predicted molar refractivity (Wildman–Crippen MR) is 80.5 cm³/mol. The van der Waals surface area contributed by atoms with Crippen molar-refractivity contribution in [1.29, 1.82) is 0 Å². The smallest absolute Gasteiger partial charge is 0.234 e. The fraction of sp³-hybridized carbons (Fsp3) is 0.533. The summed E-state index contributed by atoms with van der Waals surface area (Å²) in [6, 6.07) is 10.3. The van der Waals surface area contributed by atoms with Crippen LogP contribution in [0.15, 0.2) is 30.3 Å². The molecule has 4 heteroatoms. The Kier molecular flexibility index (Phi) is 6.89. The van der Waals surface area contributed by atoms with Crippen LogP contribution >= 0.6 is 12.4 Å². The van der Waals surface area contributed by atoms with Crippen molar-refractivity contribution in [2.45, 2.75) is 32.2 Å². The summed E-state index contributed by atoms with van der Waals surface area (Å²) in [5.41, 5.74) is 1.18. The van der Waals surface area contributed by atoms with E-state index in [1.807, 2.05) is 18.2 Å². The van der Waals surface area contributed by atoms with E-state index >= 15 is 0 Å². The van der Waals surface area contributed by atoms with Crippen molar-refractivity contribution in [3.8, 4) is 0 Å². The Labute approximate surface area is 121 Å². The van der Waals surface area contributed by atoms with Gasteiger partial charge in [-0.2, -0.15) is 0 Å². The van der Waals surface area contributed by atoms with Gasteiger partial charge in [0.1, 0.15) is 0 Å². The first-order valence-corrected chi connectivity index (χ1v) is 6.84. The Morgan fingerprint density at radius 1 is 1.32 bits per heavy atom. The molecule has 0 bridgehead atoms. The minimum absolute atomic E-state index is 0. The maximum atomic E-state index is 11.8. The van der Waals surface area contributed by atoms with Gasteiger partial charge in [0, 0.05) is 0 Å². The largest absolute Gasteiger partial charge is 0.348 e. The molecule has 0 saturated heterocycles. The molecule has 1 aliphatic carbocycles. The highest BCUT2D eigenvalue weighted by atomic mass is 35.5. The van der Waals surface area contributed by atoms with E-state index < -0.39 is 0 Å². The molecule has 1 amide bonds. The normalized spacial score (nSPS) is 15.4. The van der Waals surface area contributed by atoms with Crippen LogP contribution in [0.1, 0.15) is 37.8 Å². The molecule has 0 radical (unpaired) electrons. The van der Waals surface area contributed by atoms with Gasteiger partial charge in [0.25, 0.3) is 0 Å². The van der Waals surface area contributed by atoms with Gasteiger partial charge in [0.2, 0.25) is 5.91 Å². The number of amides is 1. The van der Waals surface area contributed by atoms with Crippen LogP contribution in [0.2, 0.25) is 0 Å². The van der Waals surface area contributed by atoms with Crippen molar-refractivity contribution < 1.29 is 4.79 Å². The van der Waals surface area contributed by atoms with Crippen LogP contribution in [-0.2, 0) is 4.79 Å². The maximum absolute atomic E-state index is 11.8. The van der Waals surface area contributed by atoms with E-state index in [4.69, 9.17) is 0 Å². The number of nitrogens with one attached hydrogen (secondary N) is 2. The Morgan fingerprint density at radius 2 is 2.00 bits per heavy atom. The van der Waals surface area contributed by atoms with Gasteiger partial charge in [-0.25, -0.2) is 0 Å². The van der Waals surface area contributed by atoms with Gasteiger partial charge in [0.15, 0.2) is 0 Å². The SMILES string of the molecule is CCC(NC(=O)CNCC1CC1)c1ccccc1.Cl. The summed E-state index contributed by atoms with van der Waals surface area (Å²) in [5.74, 6) is 0.903. The molecule has 0 heterocycles. The van der Waals surface area contributed by atoms with Gasteiger partial charge in [0.05, 0.1) is 12.6 Å². The summed E-state index contributed by atoms with van der Waals surface area (Å²) in [4.78, 5) is 11.8. The zero-order valence-corrected chi connectivity index (χ0v) is 12.2. The van der Waals surface area contributed by atoms with Crippen molar-refractivity contribution in [3.05, 3.63) is 35.9 Å². The molecule has 1 aliphatic rings. The first kappa shape index (κ1) is 16.0. The summed E-state index contributed by atoms with van der Waals surface area (Å²) >= 11 is 0. The van der Waals surface area contributed by atoms with Crippen LogP contribution in [0.3, 0.4) is 0 Å². The first-order valence-electron chi connectivity index (χ1n) is 6.84. The predicted octanol–water partition coefficient (Wildman–Crippen LogP) is 2.68. The quantitative estimate of drug-likeness (QED) is 0.807. The number of hydrogen-bond donors (Lipinski definition) is 2. The summed E-state index contributed by atoms with van der Waals surface area (Å²) in [6.07, 6.45) is 3.55. The second kappa shape index (κ2) is 8.18. The lowest BCUT2D eigenvalue weighted by atomic mass is 10.0. The average molecular weight is 283 g/mol. The lowest BCUT2D eigenvalue weighted by Gasteiger charge is -2.17. The molecule has 0 spiro atoms.